The highest BCUT2D eigenvalue weighted by Crippen LogP contribution is 2.12. The molecule has 0 aliphatic rings. The summed E-state index contributed by atoms with van der Waals surface area (Å²) in [6.45, 7) is 5.65. The molecular formula is C17H23NO3. The van der Waals surface area contributed by atoms with Crippen molar-refractivity contribution in [3.63, 3.8) is 0 Å². The summed E-state index contributed by atoms with van der Waals surface area (Å²) in [5, 5.41) is 8.82. The molecule has 0 aliphatic carbocycles. The fourth-order valence-electron chi connectivity index (χ4n) is 2.00. The lowest BCUT2D eigenvalue weighted by Crippen LogP contribution is -2.37. The minimum Gasteiger partial charge on any atom is -0.384 e. The summed E-state index contributed by atoms with van der Waals surface area (Å²) in [6, 6.07) is 7.21. The molecular weight excluding hydrogens is 266 g/mol. The number of rotatable bonds is 6. The van der Waals surface area contributed by atoms with Crippen LogP contribution in [0.4, 0.5) is 0 Å². The van der Waals surface area contributed by atoms with Gasteiger partial charge in [0.1, 0.15) is 6.61 Å². The van der Waals surface area contributed by atoms with E-state index in [1.807, 2.05) is 12.1 Å². The molecule has 0 unspecified atom stereocenters. The molecule has 114 valence electrons. The van der Waals surface area contributed by atoms with Gasteiger partial charge < -0.3 is 14.7 Å². The predicted molar refractivity (Wildman–Crippen MR) is 83.0 cm³/mol. The van der Waals surface area contributed by atoms with Crippen molar-refractivity contribution in [2.45, 2.75) is 13.8 Å². The Bertz CT molecular complexity index is 514. The van der Waals surface area contributed by atoms with Gasteiger partial charge in [-0.2, -0.15) is 0 Å². The SMILES string of the molecule is COCCN(CC(C)C)C(=O)c1ccccc1C#CCO. The van der Waals surface area contributed by atoms with E-state index in [0.29, 0.717) is 36.7 Å². The van der Waals surface area contributed by atoms with Crippen LogP contribution in [-0.4, -0.2) is 49.3 Å². The summed E-state index contributed by atoms with van der Waals surface area (Å²) in [6.07, 6.45) is 0. The number of carbonyl (C=O) groups is 1. The number of hydrogen-bond acceptors (Lipinski definition) is 3. The van der Waals surface area contributed by atoms with Crippen LogP contribution in [0, 0.1) is 17.8 Å². The third-order valence-corrected chi connectivity index (χ3v) is 2.90. The van der Waals surface area contributed by atoms with Crippen LogP contribution in [0.5, 0.6) is 0 Å². The lowest BCUT2D eigenvalue weighted by molar-refractivity contribution is 0.0672. The maximum absolute atomic E-state index is 12.7. The van der Waals surface area contributed by atoms with Crippen LogP contribution >= 0.6 is 0 Å². The molecule has 0 radical (unpaired) electrons. The number of hydrogen-bond donors (Lipinski definition) is 1. The van der Waals surface area contributed by atoms with Gasteiger partial charge in [0.2, 0.25) is 0 Å². The van der Waals surface area contributed by atoms with Crippen molar-refractivity contribution in [2.75, 3.05) is 33.4 Å². The summed E-state index contributed by atoms with van der Waals surface area (Å²) in [4.78, 5) is 14.5. The van der Waals surface area contributed by atoms with Crippen molar-refractivity contribution in [1.82, 2.24) is 4.90 Å². The second-order valence-corrected chi connectivity index (χ2v) is 5.14. The zero-order chi connectivity index (χ0) is 15.7. The molecule has 1 aromatic rings. The maximum atomic E-state index is 12.7. The van der Waals surface area contributed by atoms with Crippen molar-refractivity contribution in [1.29, 1.82) is 0 Å². The Kier molecular flexibility index (Phi) is 7.52. The van der Waals surface area contributed by atoms with Crippen molar-refractivity contribution >= 4 is 5.91 Å². The van der Waals surface area contributed by atoms with E-state index in [1.165, 1.54) is 0 Å². The number of ether oxygens (including phenoxy) is 1. The van der Waals surface area contributed by atoms with E-state index in [-0.39, 0.29) is 12.5 Å². The number of benzene rings is 1. The zero-order valence-electron chi connectivity index (χ0n) is 12.9. The first-order chi connectivity index (χ1) is 10.1. The Balaban J connectivity index is 3.02. The van der Waals surface area contributed by atoms with E-state index in [9.17, 15) is 4.79 Å². The van der Waals surface area contributed by atoms with Crippen molar-refractivity contribution in [2.24, 2.45) is 5.92 Å². The van der Waals surface area contributed by atoms with E-state index in [4.69, 9.17) is 9.84 Å². The first-order valence-corrected chi connectivity index (χ1v) is 7.07. The predicted octanol–water partition coefficient (Wildman–Crippen LogP) is 1.78. The smallest absolute Gasteiger partial charge is 0.255 e. The number of aliphatic hydroxyl groups is 1. The highest BCUT2D eigenvalue weighted by Gasteiger charge is 2.18. The molecule has 0 heterocycles. The van der Waals surface area contributed by atoms with Gasteiger partial charge in [0, 0.05) is 25.8 Å². The average Bonchev–Trinajstić information content (AvgIpc) is 2.48. The van der Waals surface area contributed by atoms with Crippen molar-refractivity contribution < 1.29 is 14.6 Å². The molecule has 0 aromatic heterocycles. The first-order valence-electron chi connectivity index (χ1n) is 7.07. The summed E-state index contributed by atoms with van der Waals surface area (Å²) < 4.78 is 5.08. The fraction of sp³-hybridized carbons (Fsp3) is 0.471. The van der Waals surface area contributed by atoms with Gasteiger partial charge >= 0.3 is 0 Å². The standard InChI is InChI=1S/C17H23NO3/c1-14(2)13-18(10-12-21-3)17(20)16-9-5-4-7-15(16)8-6-11-19/h4-5,7,9,14,19H,10-13H2,1-3H3. The lowest BCUT2D eigenvalue weighted by Gasteiger charge is -2.24. The van der Waals surface area contributed by atoms with Gasteiger partial charge in [-0.3, -0.25) is 4.79 Å². The molecule has 4 heteroatoms. The third-order valence-electron chi connectivity index (χ3n) is 2.90. The first kappa shape index (κ1) is 17.2. The highest BCUT2D eigenvalue weighted by atomic mass is 16.5. The number of methoxy groups -OCH3 is 1. The summed E-state index contributed by atoms with van der Waals surface area (Å²) >= 11 is 0. The van der Waals surface area contributed by atoms with Crippen LogP contribution in [0.2, 0.25) is 0 Å². The van der Waals surface area contributed by atoms with E-state index in [2.05, 4.69) is 25.7 Å². The highest BCUT2D eigenvalue weighted by molar-refractivity contribution is 5.96. The van der Waals surface area contributed by atoms with Crippen LogP contribution in [0.1, 0.15) is 29.8 Å². The van der Waals surface area contributed by atoms with Gasteiger partial charge in [-0.15, -0.1) is 0 Å². The second kappa shape index (κ2) is 9.17. The Hall–Kier alpha value is -1.83. The van der Waals surface area contributed by atoms with Crippen LogP contribution in [0.25, 0.3) is 0 Å². The normalized spacial score (nSPS) is 10.1. The summed E-state index contributed by atoms with van der Waals surface area (Å²) in [7, 11) is 1.62. The summed E-state index contributed by atoms with van der Waals surface area (Å²) in [5.74, 6) is 5.75. The van der Waals surface area contributed by atoms with Gasteiger partial charge in [-0.05, 0) is 18.1 Å². The quantitative estimate of drug-likeness (QED) is 0.812. The molecule has 0 saturated heterocycles. The molecule has 0 aliphatic heterocycles. The van der Waals surface area contributed by atoms with Crippen LogP contribution in [-0.2, 0) is 4.74 Å². The van der Waals surface area contributed by atoms with Gasteiger partial charge in [-0.1, -0.05) is 37.8 Å². The lowest BCUT2D eigenvalue weighted by atomic mass is 10.1. The fourth-order valence-corrected chi connectivity index (χ4v) is 2.00. The molecule has 1 amide bonds. The maximum Gasteiger partial charge on any atom is 0.255 e. The van der Waals surface area contributed by atoms with E-state index in [1.54, 1.807) is 24.1 Å². The Morgan fingerprint density at radius 2 is 2.10 bits per heavy atom. The van der Waals surface area contributed by atoms with Gasteiger partial charge in [-0.25, -0.2) is 0 Å². The topological polar surface area (TPSA) is 49.8 Å². The third kappa shape index (κ3) is 5.58. The molecule has 1 aromatic carbocycles. The van der Waals surface area contributed by atoms with Crippen LogP contribution in [0.3, 0.4) is 0 Å². The molecule has 0 atom stereocenters. The van der Waals surface area contributed by atoms with E-state index < -0.39 is 0 Å². The van der Waals surface area contributed by atoms with Crippen LogP contribution < -0.4 is 0 Å². The van der Waals surface area contributed by atoms with Crippen molar-refractivity contribution in [3.05, 3.63) is 35.4 Å². The number of amides is 1. The molecule has 1 N–H and O–H groups in total. The largest absolute Gasteiger partial charge is 0.384 e. The molecule has 4 nitrogen and oxygen atoms in total. The molecule has 0 fully saturated rings. The summed E-state index contributed by atoms with van der Waals surface area (Å²) in [5.41, 5.74) is 1.21. The molecule has 1 rings (SSSR count). The Labute approximate surface area is 126 Å². The Morgan fingerprint density at radius 1 is 1.38 bits per heavy atom. The number of nitrogens with zero attached hydrogens (tertiary/aromatic N) is 1. The minimum absolute atomic E-state index is 0.0522. The number of carbonyl (C=O) groups excluding carboxylic acids is 1. The van der Waals surface area contributed by atoms with E-state index >= 15 is 0 Å². The van der Waals surface area contributed by atoms with E-state index in [0.717, 1.165) is 0 Å². The van der Waals surface area contributed by atoms with Crippen molar-refractivity contribution in [3.8, 4) is 11.8 Å². The monoisotopic (exact) mass is 289 g/mol. The van der Waals surface area contributed by atoms with Crippen LogP contribution in [0.15, 0.2) is 24.3 Å². The molecule has 0 bridgehead atoms. The van der Waals surface area contributed by atoms with Gasteiger partial charge in [0.05, 0.1) is 12.2 Å². The minimum atomic E-state index is -0.220. The average molecular weight is 289 g/mol. The molecule has 0 spiro atoms. The second-order valence-electron chi connectivity index (χ2n) is 5.14. The van der Waals surface area contributed by atoms with Gasteiger partial charge in [0.25, 0.3) is 5.91 Å². The molecule has 0 saturated carbocycles. The molecule has 21 heavy (non-hydrogen) atoms. The number of aliphatic hydroxyl groups excluding tert-OH is 1. The van der Waals surface area contributed by atoms with Gasteiger partial charge in [0.15, 0.2) is 0 Å². The Morgan fingerprint density at radius 3 is 2.71 bits per heavy atom. The zero-order valence-corrected chi connectivity index (χ0v) is 12.9.